The van der Waals surface area contributed by atoms with E-state index in [2.05, 4.69) is 9.47 Å². The Morgan fingerprint density at radius 1 is 0.636 bits per heavy atom. The van der Waals surface area contributed by atoms with Gasteiger partial charge < -0.3 is 9.47 Å². The number of ether oxygens (including phenoxy) is 2. The van der Waals surface area contributed by atoms with Crippen molar-refractivity contribution in [2.75, 3.05) is 0 Å². The van der Waals surface area contributed by atoms with Crippen LogP contribution in [0.15, 0.2) is 35.4 Å². The first-order valence-corrected chi connectivity index (χ1v) is 6.69. The largest absolute Gasteiger partial charge is 0.386 e. The number of fused-ring (bicyclic) bond motifs is 6. The van der Waals surface area contributed by atoms with Crippen molar-refractivity contribution in [2.24, 2.45) is 0 Å². The zero-order valence-electron chi connectivity index (χ0n) is 10.9. The summed E-state index contributed by atoms with van der Waals surface area (Å²) in [6.45, 7) is 0. The van der Waals surface area contributed by atoms with Gasteiger partial charge in [-0.05, 0) is 23.3 Å². The van der Waals surface area contributed by atoms with Crippen LogP contribution in [-0.4, -0.2) is 23.9 Å². The van der Waals surface area contributed by atoms with Gasteiger partial charge in [0.2, 0.25) is 0 Å². The summed E-state index contributed by atoms with van der Waals surface area (Å²) in [6, 6.07) is 3.27. The first kappa shape index (κ1) is 11.6. The maximum Gasteiger partial charge on any atom is 0.346 e. The lowest BCUT2D eigenvalue weighted by atomic mass is 9.63. The van der Waals surface area contributed by atoms with E-state index in [1.54, 1.807) is 24.3 Å². The quantitative estimate of drug-likeness (QED) is 0.526. The molecule has 106 valence electrons. The van der Waals surface area contributed by atoms with Crippen molar-refractivity contribution in [1.82, 2.24) is 0 Å². The lowest BCUT2D eigenvalue weighted by Gasteiger charge is -2.38. The van der Waals surface area contributed by atoms with Crippen molar-refractivity contribution < 1.29 is 28.7 Å². The average Bonchev–Trinajstić information content (AvgIpc) is 2.92. The number of allylic oxidation sites excluding steroid dienone is 2. The van der Waals surface area contributed by atoms with Gasteiger partial charge >= 0.3 is 23.9 Å². The van der Waals surface area contributed by atoms with Crippen molar-refractivity contribution >= 4 is 23.9 Å². The van der Waals surface area contributed by atoms with Gasteiger partial charge in [-0.1, -0.05) is 12.2 Å². The first-order valence-electron chi connectivity index (χ1n) is 6.69. The van der Waals surface area contributed by atoms with Crippen LogP contribution >= 0.6 is 0 Å². The second-order valence-electron chi connectivity index (χ2n) is 5.59. The van der Waals surface area contributed by atoms with E-state index in [1.165, 1.54) is 0 Å². The predicted octanol–water partition coefficient (Wildman–Crippen LogP) is 1.13. The van der Waals surface area contributed by atoms with Gasteiger partial charge in [-0.25, -0.2) is 19.2 Å². The minimum atomic E-state index is -0.651. The molecule has 0 aromatic heterocycles. The molecule has 6 heteroatoms. The average molecular weight is 294 g/mol. The number of benzene rings is 1. The number of hydrogen-bond acceptors (Lipinski definition) is 6. The van der Waals surface area contributed by atoms with Crippen molar-refractivity contribution in [3.8, 4) is 0 Å². The molecule has 0 saturated carbocycles. The number of rotatable bonds is 0. The Morgan fingerprint density at radius 2 is 1.05 bits per heavy atom. The normalized spacial score (nSPS) is 26.9. The molecule has 6 nitrogen and oxygen atoms in total. The molecule has 1 saturated heterocycles. The third kappa shape index (κ3) is 1.17. The molecule has 5 rings (SSSR count). The van der Waals surface area contributed by atoms with E-state index in [0.717, 1.165) is 11.1 Å². The van der Waals surface area contributed by atoms with E-state index in [-0.39, 0.29) is 34.1 Å². The molecule has 0 bridgehead atoms. The van der Waals surface area contributed by atoms with Crippen molar-refractivity contribution in [2.45, 2.75) is 11.8 Å². The summed E-state index contributed by atoms with van der Waals surface area (Å²) in [4.78, 5) is 46.5. The molecule has 2 aliphatic carbocycles. The molecule has 2 aliphatic heterocycles. The van der Waals surface area contributed by atoms with Crippen LogP contribution in [0.3, 0.4) is 0 Å². The second kappa shape index (κ2) is 3.41. The number of carbonyl (C=O) groups is 4. The lowest BCUT2D eigenvalue weighted by Crippen LogP contribution is -2.26. The van der Waals surface area contributed by atoms with E-state index in [0.29, 0.717) is 0 Å². The Bertz CT molecular complexity index is 844. The molecule has 1 aromatic rings. The zero-order valence-corrected chi connectivity index (χ0v) is 10.9. The summed E-state index contributed by atoms with van der Waals surface area (Å²) in [5, 5.41) is 0. The van der Waals surface area contributed by atoms with Crippen LogP contribution in [0.2, 0.25) is 0 Å². The maximum absolute atomic E-state index is 11.6. The van der Waals surface area contributed by atoms with Crippen molar-refractivity contribution in [1.29, 1.82) is 0 Å². The van der Waals surface area contributed by atoms with Crippen LogP contribution in [0.25, 0.3) is 0 Å². The second-order valence-corrected chi connectivity index (χ2v) is 5.59. The third-order valence-corrected chi connectivity index (χ3v) is 4.56. The molecule has 1 aromatic carbocycles. The van der Waals surface area contributed by atoms with Gasteiger partial charge in [-0.3, -0.25) is 0 Å². The van der Waals surface area contributed by atoms with Crippen LogP contribution in [0, 0.1) is 0 Å². The molecular formula is C16H6O6. The monoisotopic (exact) mass is 294 g/mol. The van der Waals surface area contributed by atoms with Crippen LogP contribution < -0.4 is 0 Å². The zero-order chi connectivity index (χ0) is 15.2. The van der Waals surface area contributed by atoms with Crippen LogP contribution in [0.1, 0.15) is 43.7 Å². The number of cyclic esters (lactones) is 4. The molecular weight excluding hydrogens is 288 g/mol. The molecule has 0 spiro atoms. The highest BCUT2D eigenvalue weighted by molar-refractivity contribution is 6.19. The number of hydrogen-bond donors (Lipinski definition) is 0. The standard InChI is InChI=1S/C16H6O6/c17-13-9-1-5-6(2-10(9)14(18)21-13)8-4-12-11(3-7(5)8)15(19)22-16(12)20/h1-6H. The summed E-state index contributed by atoms with van der Waals surface area (Å²) >= 11 is 0. The molecule has 2 atom stereocenters. The van der Waals surface area contributed by atoms with Gasteiger partial charge in [0, 0.05) is 11.8 Å². The molecule has 0 amide bonds. The van der Waals surface area contributed by atoms with Gasteiger partial charge in [0.15, 0.2) is 0 Å². The highest BCUT2D eigenvalue weighted by Gasteiger charge is 2.46. The Labute approximate surface area is 123 Å². The Hall–Kier alpha value is -3.02. The minimum absolute atomic E-state index is 0.0963. The van der Waals surface area contributed by atoms with Crippen LogP contribution in [0.4, 0.5) is 0 Å². The van der Waals surface area contributed by atoms with E-state index in [4.69, 9.17) is 0 Å². The van der Waals surface area contributed by atoms with E-state index in [1.807, 2.05) is 0 Å². The van der Waals surface area contributed by atoms with Gasteiger partial charge in [0.25, 0.3) is 0 Å². The SMILES string of the molecule is O=C1OC(=O)C2=CC3c4cc5c(cc4C3C=C12)C(=O)OC5=O. The molecule has 2 heterocycles. The van der Waals surface area contributed by atoms with Crippen molar-refractivity contribution in [3.05, 3.63) is 57.7 Å². The Kier molecular flexibility index (Phi) is 1.80. The molecule has 2 unspecified atom stereocenters. The summed E-state index contributed by atoms with van der Waals surface area (Å²) in [5.41, 5.74) is 2.78. The Balaban J connectivity index is 1.69. The molecule has 0 radical (unpaired) electrons. The summed E-state index contributed by atoms with van der Waals surface area (Å²) < 4.78 is 9.20. The van der Waals surface area contributed by atoms with Gasteiger partial charge in [-0.2, -0.15) is 0 Å². The van der Waals surface area contributed by atoms with Crippen molar-refractivity contribution in [3.63, 3.8) is 0 Å². The first-order chi connectivity index (χ1) is 10.5. The molecule has 4 aliphatic rings. The summed E-state index contributed by atoms with van der Waals surface area (Å²) in [5.74, 6) is -2.78. The van der Waals surface area contributed by atoms with E-state index in [9.17, 15) is 19.2 Å². The predicted molar refractivity (Wildman–Crippen MR) is 68.9 cm³/mol. The van der Waals surface area contributed by atoms with Crippen LogP contribution in [0.5, 0.6) is 0 Å². The molecule has 0 N–H and O–H groups in total. The minimum Gasteiger partial charge on any atom is -0.386 e. The van der Waals surface area contributed by atoms with E-state index < -0.39 is 23.9 Å². The fourth-order valence-electron chi connectivity index (χ4n) is 3.51. The Morgan fingerprint density at radius 3 is 1.50 bits per heavy atom. The molecule has 1 fully saturated rings. The highest BCUT2D eigenvalue weighted by atomic mass is 16.6. The highest BCUT2D eigenvalue weighted by Crippen LogP contribution is 2.54. The number of carbonyl (C=O) groups excluding carboxylic acids is 4. The van der Waals surface area contributed by atoms with Gasteiger partial charge in [0.1, 0.15) is 0 Å². The topological polar surface area (TPSA) is 86.7 Å². The lowest BCUT2D eigenvalue weighted by molar-refractivity contribution is -0.149. The van der Waals surface area contributed by atoms with Gasteiger partial charge in [0.05, 0.1) is 22.3 Å². The fourth-order valence-corrected chi connectivity index (χ4v) is 3.51. The summed E-state index contributed by atoms with van der Waals surface area (Å²) in [6.07, 6.45) is 3.40. The summed E-state index contributed by atoms with van der Waals surface area (Å²) in [7, 11) is 0. The van der Waals surface area contributed by atoms with E-state index >= 15 is 0 Å². The third-order valence-electron chi connectivity index (χ3n) is 4.56. The molecule has 22 heavy (non-hydrogen) atoms. The number of esters is 4. The maximum atomic E-state index is 11.6. The van der Waals surface area contributed by atoms with Gasteiger partial charge in [-0.15, -0.1) is 0 Å². The van der Waals surface area contributed by atoms with Crippen LogP contribution in [-0.2, 0) is 19.1 Å². The fraction of sp³-hybridized carbons (Fsp3) is 0.125. The smallest absolute Gasteiger partial charge is 0.346 e.